The molecule has 0 spiro atoms. The Balaban J connectivity index is 2.16. The summed E-state index contributed by atoms with van der Waals surface area (Å²) in [6.07, 6.45) is 4.07. The first kappa shape index (κ1) is 11.0. The number of pyridine rings is 1. The maximum atomic E-state index is 9.39. The van der Waals surface area contributed by atoms with Crippen molar-refractivity contribution in [2.24, 2.45) is 0 Å². The normalized spacial score (nSPS) is 12.7. The van der Waals surface area contributed by atoms with E-state index in [1.54, 1.807) is 11.1 Å². The third-order valence-corrected chi connectivity index (χ3v) is 3.78. The summed E-state index contributed by atoms with van der Waals surface area (Å²) in [7, 11) is 0. The van der Waals surface area contributed by atoms with Crippen LogP contribution in [0.2, 0.25) is 0 Å². The van der Waals surface area contributed by atoms with Crippen molar-refractivity contribution >= 4 is 16.6 Å². The van der Waals surface area contributed by atoms with Crippen LogP contribution in [0.3, 0.4) is 0 Å². The lowest BCUT2D eigenvalue weighted by molar-refractivity contribution is 0.965. The highest BCUT2D eigenvalue weighted by Gasteiger charge is 2.23. The fourth-order valence-corrected chi connectivity index (χ4v) is 2.87. The van der Waals surface area contributed by atoms with Crippen molar-refractivity contribution in [2.75, 3.05) is 4.90 Å². The van der Waals surface area contributed by atoms with Gasteiger partial charge in [-0.2, -0.15) is 5.26 Å². The highest BCUT2D eigenvalue weighted by Crippen LogP contribution is 2.42. The molecule has 2 heterocycles. The lowest BCUT2D eigenvalue weighted by Crippen LogP contribution is -2.21. The van der Waals surface area contributed by atoms with Crippen LogP contribution < -0.4 is 4.90 Å². The summed E-state index contributed by atoms with van der Waals surface area (Å²) in [5, 5.41) is 10.5. The number of aromatic nitrogens is 1. The van der Waals surface area contributed by atoms with Gasteiger partial charge in [0.05, 0.1) is 17.7 Å². The van der Waals surface area contributed by atoms with Gasteiger partial charge in [-0.1, -0.05) is 36.4 Å². The molecule has 0 N–H and O–H groups in total. The van der Waals surface area contributed by atoms with E-state index in [1.165, 1.54) is 11.1 Å². The maximum absolute atomic E-state index is 9.39. The average molecular weight is 257 g/mol. The number of nitriles is 1. The van der Waals surface area contributed by atoms with E-state index >= 15 is 0 Å². The molecule has 0 unspecified atom stereocenters. The van der Waals surface area contributed by atoms with Crippen LogP contribution in [-0.2, 0) is 6.54 Å². The number of nitrogens with zero attached hydrogens (tertiary/aromatic N) is 3. The van der Waals surface area contributed by atoms with E-state index < -0.39 is 0 Å². The monoisotopic (exact) mass is 257 g/mol. The van der Waals surface area contributed by atoms with Crippen molar-refractivity contribution in [1.29, 1.82) is 5.26 Å². The SMILES string of the molecule is N#CN1Cc2ccccc2-c2c1ccc1cccnc21. The zero-order valence-corrected chi connectivity index (χ0v) is 10.7. The van der Waals surface area contributed by atoms with Crippen LogP contribution in [0.25, 0.3) is 22.0 Å². The molecule has 0 saturated carbocycles. The number of benzene rings is 2. The molecular weight excluding hydrogens is 246 g/mol. The molecule has 20 heavy (non-hydrogen) atoms. The Morgan fingerprint density at radius 3 is 2.85 bits per heavy atom. The second-order valence-electron chi connectivity index (χ2n) is 4.88. The van der Waals surface area contributed by atoms with Crippen LogP contribution in [0, 0.1) is 11.5 Å². The molecule has 0 radical (unpaired) electrons. The minimum absolute atomic E-state index is 0.623. The minimum atomic E-state index is 0.623. The second kappa shape index (κ2) is 4.07. The zero-order valence-electron chi connectivity index (χ0n) is 10.7. The molecule has 94 valence electrons. The summed E-state index contributed by atoms with van der Waals surface area (Å²) in [4.78, 5) is 6.25. The van der Waals surface area contributed by atoms with Crippen molar-refractivity contribution < 1.29 is 0 Å². The predicted octanol–water partition coefficient (Wildman–Crippen LogP) is 3.70. The van der Waals surface area contributed by atoms with Crippen LogP contribution in [0.1, 0.15) is 5.56 Å². The topological polar surface area (TPSA) is 39.9 Å². The Kier molecular flexibility index (Phi) is 2.24. The van der Waals surface area contributed by atoms with Crippen LogP contribution in [-0.4, -0.2) is 4.98 Å². The lowest BCUT2D eigenvalue weighted by Gasteiger charge is -2.27. The van der Waals surface area contributed by atoms with E-state index in [0.717, 1.165) is 22.2 Å². The van der Waals surface area contributed by atoms with Crippen LogP contribution in [0.4, 0.5) is 5.69 Å². The van der Waals surface area contributed by atoms with Crippen molar-refractivity contribution in [3.8, 4) is 17.3 Å². The fraction of sp³-hybridized carbons (Fsp3) is 0.0588. The highest BCUT2D eigenvalue weighted by atomic mass is 15.1. The van der Waals surface area contributed by atoms with Crippen molar-refractivity contribution in [2.45, 2.75) is 6.54 Å². The van der Waals surface area contributed by atoms with Crippen molar-refractivity contribution in [3.63, 3.8) is 0 Å². The first-order valence-corrected chi connectivity index (χ1v) is 6.52. The molecule has 0 fully saturated rings. The number of anilines is 1. The van der Waals surface area contributed by atoms with Gasteiger partial charge in [0.1, 0.15) is 0 Å². The largest absolute Gasteiger partial charge is 0.274 e. The quantitative estimate of drug-likeness (QED) is 0.576. The van der Waals surface area contributed by atoms with E-state index in [9.17, 15) is 5.26 Å². The summed E-state index contributed by atoms with van der Waals surface area (Å²) in [5.41, 5.74) is 5.30. The Morgan fingerprint density at radius 2 is 1.95 bits per heavy atom. The summed E-state index contributed by atoms with van der Waals surface area (Å²) >= 11 is 0. The first-order chi connectivity index (χ1) is 9.88. The molecule has 2 aromatic carbocycles. The molecule has 3 nitrogen and oxygen atoms in total. The summed E-state index contributed by atoms with van der Waals surface area (Å²) in [6, 6.07) is 16.3. The lowest BCUT2D eigenvalue weighted by atomic mass is 9.91. The van der Waals surface area contributed by atoms with E-state index in [2.05, 4.69) is 29.4 Å². The van der Waals surface area contributed by atoms with Gasteiger partial charge in [0.15, 0.2) is 6.19 Å². The standard InChI is InChI=1S/C17H11N3/c18-11-20-10-13-4-1-2-6-14(13)16-15(20)8-7-12-5-3-9-19-17(12)16/h1-9H,10H2. The molecule has 3 aromatic rings. The van der Waals surface area contributed by atoms with Gasteiger partial charge in [0, 0.05) is 17.1 Å². The number of hydrogen-bond acceptors (Lipinski definition) is 3. The van der Waals surface area contributed by atoms with Gasteiger partial charge in [-0.05, 0) is 23.3 Å². The summed E-state index contributed by atoms with van der Waals surface area (Å²) in [5.74, 6) is 0. The second-order valence-corrected chi connectivity index (χ2v) is 4.88. The predicted molar refractivity (Wildman–Crippen MR) is 79.0 cm³/mol. The van der Waals surface area contributed by atoms with Crippen molar-refractivity contribution in [3.05, 3.63) is 60.3 Å². The molecule has 0 aliphatic carbocycles. The molecule has 3 heteroatoms. The van der Waals surface area contributed by atoms with E-state index in [4.69, 9.17) is 0 Å². The molecule has 0 amide bonds. The minimum Gasteiger partial charge on any atom is -0.274 e. The zero-order chi connectivity index (χ0) is 13.5. The van der Waals surface area contributed by atoms with Gasteiger partial charge < -0.3 is 0 Å². The Labute approximate surface area is 116 Å². The van der Waals surface area contributed by atoms with E-state index in [0.29, 0.717) is 6.54 Å². The molecule has 4 rings (SSSR count). The molecular formula is C17H11N3. The molecule has 1 aliphatic heterocycles. The third kappa shape index (κ3) is 1.42. The molecule has 0 saturated heterocycles. The number of hydrogen-bond donors (Lipinski definition) is 0. The Bertz CT molecular complexity index is 861. The third-order valence-electron chi connectivity index (χ3n) is 3.78. The van der Waals surface area contributed by atoms with Gasteiger partial charge in [0.2, 0.25) is 0 Å². The van der Waals surface area contributed by atoms with Gasteiger partial charge in [-0.25, -0.2) is 0 Å². The molecule has 0 atom stereocenters. The number of rotatable bonds is 0. The molecule has 1 aromatic heterocycles. The summed E-state index contributed by atoms with van der Waals surface area (Å²) < 4.78 is 0. The number of fused-ring (bicyclic) bond motifs is 5. The van der Waals surface area contributed by atoms with Crippen LogP contribution >= 0.6 is 0 Å². The smallest absolute Gasteiger partial charge is 0.184 e. The maximum Gasteiger partial charge on any atom is 0.184 e. The van der Waals surface area contributed by atoms with Crippen molar-refractivity contribution in [1.82, 2.24) is 4.98 Å². The van der Waals surface area contributed by atoms with Gasteiger partial charge >= 0.3 is 0 Å². The fourth-order valence-electron chi connectivity index (χ4n) is 2.87. The van der Waals surface area contributed by atoms with E-state index in [-0.39, 0.29) is 0 Å². The summed E-state index contributed by atoms with van der Waals surface area (Å²) in [6.45, 7) is 0.623. The molecule has 0 bridgehead atoms. The van der Waals surface area contributed by atoms with Gasteiger partial charge in [0.25, 0.3) is 0 Å². The molecule has 1 aliphatic rings. The highest BCUT2D eigenvalue weighted by molar-refractivity contribution is 6.02. The average Bonchev–Trinajstić information content (AvgIpc) is 2.53. The van der Waals surface area contributed by atoms with Crippen LogP contribution in [0.5, 0.6) is 0 Å². The van der Waals surface area contributed by atoms with Gasteiger partial charge in [-0.3, -0.25) is 9.88 Å². The van der Waals surface area contributed by atoms with E-state index in [1.807, 2.05) is 30.3 Å². The van der Waals surface area contributed by atoms with Gasteiger partial charge in [-0.15, -0.1) is 0 Å². The first-order valence-electron chi connectivity index (χ1n) is 6.52. The Hall–Kier alpha value is -2.86. The Morgan fingerprint density at radius 1 is 1.05 bits per heavy atom. The van der Waals surface area contributed by atoms with Crippen LogP contribution in [0.15, 0.2) is 54.7 Å².